The molecule has 0 spiro atoms. The number of nitrogens with zero attached hydrogens (tertiary/aromatic N) is 2. The summed E-state index contributed by atoms with van der Waals surface area (Å²) in [6.45, 7) is 3.05. The molecule has 0 aliphatic carbocycles. The molecule has 0 aliphatic rings. The van der Waals surface area contributed by atoms with Gasteiger partial charge < -0.3 is 9.84 Å². The topological polar surface area (TPSA) is 81.4 Å². The zero-order valence-electron chi connectivity index (χ0n) is 18.9. The number of thiophene rings is 1. The molecular weight excluding hydrogens is 501 g/mol. The fourth-order valence-corrected chi connectivity index (χ4v) is 5.06. The highest BCUT2D eigenvalue weighted by molar-refractivity contribution is 7.90. The quantitative estimate of drug-likeness (QED) is 0.346. The van der Waals surface area contributed by atoms with E-state index in [0.29, 0.717) is 16.1 Å². The normalized spacial score (nSPS) is 12.7. The van der Waals surface area contributed by atoms with Crippen molar-refractivity contribution in [3.8, 4) is 32.4 Å². The molecular formula is C24H21F3N2O4S2. The molecule has 0 atom stereocenters. The van der Waals surface area contributed by atoms with Crippen molar-refractivity contribution in [1.29, 1.82) is 0 Å². The first-order chi connectivity index (χ1) is 16.2. The third-order valence-corrected chi connectivity index (χ3v) is 7.33. The van der Waals surface area contributed by atoms with E-state index in [1.165, 1.54) is 54.1 Å². The van der Waals surface area contributed by atoms with E-state index in [2.05, 4.69) is 9.84 Å². The van der Waals surface area contributed by atoms with Gasteiger partial charge in [-0.15, -0.1) is 24.5 Å². The van der Waals surface area contributed by atoms with Gasteiger partial charge in [0.1, 0.15) is 11.3 Å². The van der Waals surface area contributed by atoms with Crippen molar-refractivity contribution < 1.29 is 31.4 Å². The zero-order valence-corrected chi connectivity index (χ0v) is 20.5. The largest absolute Gasteiger partial charge is 0.573 e. The maximum Gasteiger partial charge on any atom is 0.573 e. The number of para-hydroxylation sites is 2. The number of alkyl halides is 3. The van der Waals surface area contributed by atoms with Gasteiger partial charge in [0, 0.05) is 11.1 Å². The van der Waals surface area contributed by atoms with Crippen molar-refractivity contribution >= 4 is 21.2 Å². The molecule has 35 heavy (non-hydrogen) atoms. The monoisotopic (exact) mass is 522 g/mol. The summed E-state index contributed by atoms with van der Waals surface area (Å²) >= 11 is 1.31. The van der Waals surface area contributed by atoms with Crippen molar-refractivity contribution in [2.45, 2.75) is 30.7 Å². The molecule has 0 saturated carbocycles. The lowest BCUT2D eigenvalue weighted by molar-refractivity contribution is -0.274. The van der Waals surface area contributed by atoms with Crippen LogP contribution in [0.1, 0.15) is 19.5 Å². The van der Waals surface area contributed by atoms with Crippen LogP contribution in [0, 0.1) is 0 Å². The second-order valence-electron chi connectivity index (χ2n) is 8.37. The van der Waals surface area contributed by atoms with Gasteiger partial charge in [-0.2, -0.15) is 5.10 Å². The average molecular weight is 523 g/mol. The highest BCUT2D eigenvalue weighted by atomic mass is 32.2. The van der Waals surface area contributed by atoms with E-state index in [1.807, 2.05) is 0 Å². The number of hydrogen-bond donors (Lipinski definition) is 1. The van der Waals surface area contributed by atoms with Crippen LogP contribution in [0.2, 0.25) is 0 Å². The number of hydrogen-bond acceptors (Lipinski definition) is 6. The van der Waals surface area contributed by atoms with Crippen molar-refractivity contribution in [2.24, 2.45) is 0 Å². The highest BCUT2D eigenvalue weighted by Gasteiger charge is 2.33. The molecule has 0 aliphatic heterocycles. The summed E-state index contributed by atoms with van der Waals surface area (Å²) in [5, 5.41) is 14.9. The fourth-order valence-electron chi connectivity index (χ4n) is 3.39. The van der Waals surface area contributed by atoms with Crippen LogP contribution in [-0.4, -0.2) is 35.9 Å². The van der Waals surface area contributed by atoms with E-state index in [4.69, 9.17) is 0 Å². The minimum Gasteiger partial charge on any atom is -0.403 e. The Morgan fingerprint density at radius 1 is 0.971 bits per heavy atom. The van der Waals surface area contributed by atoms with Gasteiger partial charge in [-0.1, -0.05) is 24.3 Å². The van der Waals surface area contributed by atoms with Crippen LogP contribution < -0.4 is 4.74 Å². The number of rotatable bonds is 6. The summed E-state index contributed by atoms with van der Waals surface area (Å²) in [6.07, 6.45) is -3.77. The van der Waals surface area contributed by atoms with Crippen LogP contribution in [0.5, 0.6) is 5.75 Å². The summed E-state index contributed by atoms with van der Waals surface area (Å²) in [6, 6.07) is 17.3. The third kappa shape index (κ3) is 5.58. The maximum absolute atomic E-state index is 13.0. The molecule has 0 unspecified atom stereocenters. The van der Waals surface area contributed by atoms with Crippen molar-refractivity contribution in [3.05, 3.63) is 72.4 Å². The Hall–Kier alpha value is -3.15. The molecule has 6 nitrogen and oxygen atoms in total. The van der Waals surface area contributed by atoms with Gasteiger partial charge in [0.05, 0.1) is 21.2 Å². The number of aliphatic hydroxyl groups is 1. The Bertz CT molecular complexity index is 1480. The Kier molecular flexibility index (Phi) is 6.28. The molecule has 0 amide bonds. The van der Waals surface area contributed by atoms with E-state index in [1.54, 1.807) is 42.5 Å². The van der Waals surface area contributed by atoms with Crippen molar-refractivity contribution in [2.75, 3.05) is 6.26 Å². The van der Waals surface area contributed by atoms with E-state index in [9.17, 15) is 26.7 Å². The minimum atomic E-state index is -4.90. The Labute approximate surface area is 204 Å². The molecule has 2 aromatic carbocycles. The van der Waals surface area contributed by atoms with Crippen LogP contribution >= 0.6 is 11.3 Å². The van der Waals surface area contributed by atoms with E-state index in [0.717, 1.165) is 11.1 Å². The molecule has 184 valence electrons. The van der Waals surface area contributed by atoms with Crippen LogP contribution in [-0.2, 0) is 15.4 Å². The predicted octanol–water partition coefficient (Wildman–Crippen LogP) is 5.80. The summed E-state index contributed by atoms with van der Waals surface area (Å²) in [5.41, 5.74) is 0.0614. The number of sulfone groups is 1. The Balaban J connectivity index is 1.85. The minimum absolute atomic E-state index is 0.0457. The standard InChI is InChI=1S/C24H21F3N2O4S2/c1-23(2,30)22-14-18(29(28-22)17-9-4-5-10-19(17)33-24(25,26)27)21-12-11-20(34-21)15-7-6-8-16(13-15)35(3,31)32/h4-14,30H,1-3H3. The first kappa shape index (κ1) is 25.0. The lowest BCUT2D eigenvalue weighted by Crippen LogP contribution is -2.19. The molecule has 1 N–H and O–H groups in total. The molecule has 11 heteroatoms. The molecule has 0 radical (unpaired) electrons. The van der Waals surface area contributed by atoms with Gasteiger partial charge in [0.15, 0.2) is 15.6 Å². The van der Waals surface area contributed by atoms with Gasteiger partial charge in [-0.25, -0.2) is 13.1 Å². The first-order valence-corrected chi connectivity index (χ1v) is 13.0. The van der Waals surface area contributed by atoms with Gasteiger partial charge >= 0.3 is 6.36 Å². The lowest BCUT2D eigenvalue weighted by atomic mass is 10.1. The van der Waals surface area contributed by atoms with Crippen LogP contribution in [0.15, 0.2) is 71.6 Å². The van der Waals surface area contributed by atoms with Gasteiger partial charge in [-0.3, -0.25) is 0 Å². The maximum atomic E-state index is 13.0. The molecule has 0 fully saturated rings. The second kappa shape index (κ2) is 8.81. The van der Waals surface area contributed by atoms with E-state index in [-0.39, 0.29) is 16.3 Å². The molecule has 2 heterocycles. The predicted molar refractivity (Wildman–Crippen MR) is 127 cm³/mol. The molecule has 0 bridgehead atoms. The summed E-state index contributed by atoms with van der Waals surface area (Å²) in [4.78, 5) is 1.58. The fraction of sp³-hybridized carbons (Fsp3) is 0.208. The number of benzene rings is 2. The number of halogens is 3. The Morgan fingerprint density at radius 2 is 1.66 bits per heavy atom. The number of aromatic nitrogens is 2. The summed E-state index contributed by atoms with van der Waals surface area (Å²) < 4.78 is 68.5. The summed E-state index contributed by atoms with van der Waals surface area (Å²) in [7, 11) is -3.40. The van der Waals surface area contributed by atoms with Gasteiger partial charge in [0.2, 0.25) is 0 Å². The zero-order chi connectivity index (χ0) is 25.6. The first-order valence-electron chi connectivity index (χ1n) is 10.3. The second-order valence-corrected chi connectivity index (χ2v) is 11.5. The highest BCUT2D eigenvalue weighted by Crippen LogP contribution is 2.39. The SMILES string of the molecule is CC(C)(O)c1cc(-c2ccc(-c3cccc(S(C)(=O)=O)c3)s2)n(-c2ccccc2OC(F)(F)F)n1. The van der Waals surface area contributed by atoms with Crippen LogP contribution in [0.25, 0.3) is 26.7 Å². The third-order valence-electron chi connectivity index (χ3n) is 5.06. The van der Waals surface area contributed by atoms with Crippen molar-refractivity contribution in [1.82, 2.24) is 9.78 Å². The van der Waals surface area contributed by atoms with E-state index < -0.39 is 27.6 Å². The van der Waals surface area contributed by atoms with Crippen LogP contribution in [0.3, 0.4) is 0 Å². The smallest absolute Gasteiger partial charge is 0.403 e. The van der Waals surface area contributed by atoms with Crippen LogP contribution in [0.4, 0.5) is 13.2 Å². The number of ether oxygens (including phenoxy) is 1. The lowest BCUT2D eigenvalue weighted by Gasteiger charge is -2.15. The Morgan fingerprint density at radius 3 is 2.31 bits per heavy atom. The molecule has 2 aromatic heterocycles. The summed E-state index contributed by atoms with van der Waals surface area (Å²) in [5.74, 6) is -0.440. The average Bonchev–Trinajstić information content (AvgIpc) is 3.40. The molecule has 4 aromatic rings. The van der Waals surface area contributed by atoms with Gasteiger partial charge in [-0.05, 0) is 61.9 Å². The van der Waals surface area contributed by atoms with Crippen molar-refractivity contribution in [3.63, 3.8) is 0 Å². The van der Waals surface area contributed by atoms with Gasteiger partial charge in [0.25, 0.3) is 0 Å². The molecule has 0 saturated heterocycles. The van der Waals surface area contributed by atoms with E-state index >= 15 is 0 Å². The molecule has 4 rings (SSSR count).